The number of carboxylic acid groups (broad SMARTS) is 1. The molecule has 1 aromatic rings. The summed E-state index contributed by atoms with van der Waals surface area (Å²) in [6.45, 7) is -0.142. The van der Waals surface area contributed by atoms with Crippen molar-refractivity contribution in [3.63, 3.8) is 0 Å². The molecule has 1 saturated carbocycles. The van der Waals surface area contributed by atoms with Crippen molar-refractivity contribution in [3.05, 3.63) is 34.2 Å². The molecule has 0 unspecified atom stereocenters. The first-order valence-corrected chi connectivity index (χ1v) is 6.30. The van der Waals surface area contributed by atoms with E-state index in [1.165, 1.54) is 18.3 Å². The molecular formula is C13H16N2O4. The quantitative estimate of drug-likeness (QED) is 0.833. The smallest absolute Gasteiger partial charge is 0.341 e. The maximum atomic E-state index is 11.8. The summed E-state index contributed by atoms with van der Waals surface area (Å²) in [6.07, 6.45) is 5.58. The van der Waals surface area contributed by atoms with Gasteiger partial charge in [0.2, 0.25) is 5.91 Å². The van der Waals surface area contributed by atoms with Crippen LogP contribution in [0.25, 0.3) is 0 Å². The lowest BCUT2D eigenvalue weighted by molar-refractivity contribution is -0.122. The Balaban J connectivity index is 2.06. The van der Waals surface area contributed by atoms with Crippen LogP contribution in [0.5, 0.6) is 0 Å². The van der Waals surface area contributed by atoms with Gasteiger partial charge in [-0.25, -0.2) is 4.79 Å². The summed E-state index contributed by atoms with van der Waals surface area (Å²) in [5.74, 6) is -1.54. The van der Waals surface area contributed by atoms with E-state index in [1.54, 1.807) is 0 Å². The number of nitrogens with one attached hydrogen (secondary N) is 1. The van der Waals surface area contributed by atoms with Crippen molar-refractivity contribution in [3.8, 4) is 0 Å². The van der Waals surface area contributed by atoms with Crippen molar-refractivity contribution < 1.29 is 14.7 Å². The second kappa shape index (κ2) is 5.69. The van der Waals surface area contributed by atoms with Gasteiger partial charge in [-0.05, 0) is 25.0 Å². The minimum atomic E-state index is -1.28. The molecule has 1 aliphatic rings. The number of amides is 1. The molecule has 0 aliphatic heterocycles. The second-order valence-electron chi connectivity index (χ2n) is 4.71. The van der Waals surface area contributed by atoms with Gasteiger partial charge in [-0.1, -0.05) is 12.8 Å². The minimum Gasteiger partial charge on any atom is -0.477 e. The molecule has 0 saturated heterocycles. The van der Waals surface area contributed by atoms with Crippen molar-refractivity contribution >= 4 is 11.9 Å². The van der Waals surface area contributed by atoms with Crippen LogP contribution in [0.1, 0.15) is 36.0 Å². The fourth-order valence-corrected chi connectivity index (χ4v) is 2.32. The first kappa shape index (κ1) is 13.3. The number of nitrogens with zero attached hydrogens (tertiary/aromatic N) is 1. The molecule has 0 bridgehead atoms. The number of rotatable bonds is 4. The molecule has 102 valence electrons. The monoisotopic (exact) mass is 264 g/mol. The van der Waals surface area contributed by atoms with Gasteiger partial charge in [0.05, 0.1) is 0 Å². The molecule has 6 nitrogen and oxygen atoms in total. The van der Waals surface area contributed by atoms with E-state index in [4.69, 9.17) is 5.11 Å². The van der Waals surface area contributed by atoms with E-state index in [2.05, 4.69) is 5.32 Å². The average Bonchev–Trinajstić information content (AvgIpc) is 2.84. The number of pyridine rings is 1. The molecule has 6 heteroatoms. The third-order valence-corrected chi connectivity index (χ3v) is 3.28. The van der Waals surface area contributed by atoms with Crippen LogP contribution in [0.3, 0.4) is 0 Å². The topological polar surface area (TPSA) is 88.4 Å². The molecule has 2 N–H and O–H groups in total. The lowest BCUT2D eigenvalue weighted by atomic mass is 10.2. The minimum absolute atomic E-state index is 0.142. The van der Waals surface area contributed by atoms with Gasteiger partial charge in [-0.15, -0.1) is 0 Å². The highest BCUT2D eigenvalue weighted by molar-refractivity contribution is 5.87. The molecule has 1 aromatic heterocycles. The number of hydrogen-bond acceptors (Lipinski definition) is 3. The lowest BCUT2D eigenvalue weighted by Crippen LogP contribution is -2.38. The van der Waals surface area contributed by atoms with Gasteiger partial charge in [0.25, 0.3) is 5.56 Å². The molecule has 1 aliphatic carbocycles. The number of carbonyl (C=O) groups excluding carboxylic acids is 1. The van der Waals surface area contributed by atoms with Crippen molar-refractivity contribution in [2.24, 2.45) is 0 Å². The zero-order valence-corrected chi connectivity index (χ0v) is 10.5. The van der Waals surface area contributed by atoms with E-state index in [-0.39, 0.29) is 24.1 Å². The third-order valence-electron chi connectivity index (χ3n) is 3.28. The highest BCUT2D eigenvalue weighted by Crippen LogP contribution is 2.17. The standard InChI is InChI=1S/C13H16N2O4/c16-11(14-9-4-1-2-5-9)8-15-7-3-6-10(12(15)17)13(18)19/h3,6-7,9H,1-2,4-5,8H2,(H,14,16)(H,18,19). The van der Waals surface area contributed by atoms with E-state index >= 15 is 0 Å². The van der Waals surface area contributed by atoms with Crippen molar-refractivity contribution in [1.29, 1.82) is 0 Å². The van der Waals surface area contributed by atoms with Gasteiger partial charge in [-0.2, -0.15) is 0 Å². The number of carbonyl (C=O) groups is 2. The predicted molar refractivity (Wildman–Crippen MR) is 68.1 cm³/mol. The van der Waals surface area contributed by atoms with Crippen LogP contribution in [0, 0.1) is 0 Å². The number of hydrogen-bond donors (Lipinski definition) is 2. The predicted octanol–water partition coefficient (Wildman–Crippen LogP) is 0.605. The largest absolute Gasteiger partial charge is 0.477 e. The molecule has 0 aromatic carbocycles. The molecule has 0 atom stereocenters. The first-order chi connectivity index (χ1) is 9.08. The highest BCUT2D eigenvalue weighted by atomic mass is 16.4. The summed E-state index contributed by atoms with van der Waals surface area (Å²) in [5.41, 5.74) is -0.979. The van der Waals surface area contributed by atoms with Crippen LogP contribution in [-0.4, -0.2) is 27.6 Å². The number of aromatic carboxylic acids is 1. The lowest BCUT2D eigenvalue weighted by Gasteiger charge is -2.12. The van der Waals surface area contributed by atoms with Gasteiger partial charge in [0.1, 0.15) is 12.1 Å². The molecular weight excluding hydrogens is 248 g/mol. The van der Waals surface area contributed by atoms with E-state index in [9.17, 15) is 14.4 Å². The van der Waals surface area contributed by atoms with Gasteiger partial charge >= 0.3 is 5.97 Å². The maximum absolute atomic E-state index is 11.8. The van der Waals surface area contributed by atoms with Crippen molar-refractivity contribution in [2.45, 2.75) is 38.3 Å². The Kier molecular flexibility index (Phi) is 3.99. The average molecular weight is 264 g/mol. The molecule has 2 rings (SSSR count). The fraction of sp³-hybridized carbons (Fsp3) is 0.462. The summed E-state index contributed by atoms with van der Waals surface area (Å²) >= 11 is 0. The SMILES string of the molecule is O=C(Cn1cccc(C(=O)O)c1=O)NC1CCCC1. The molecule has 1 fully saturated rings. The summed E-state index contributed by atoms with van der Waals surface area (Å²) in [7, 11) is 0. The van der Waals surface area contributed by atoms with Gasteiger partial charge in [0, 0.05) is 12.2 Å². The fourth-order valence-electron chi connectivity index (χ4n) is 2.32. The Hall–Kier alpha value is -2.11. The first-order valence-electron chi connectivity index (χ1n) is 6.30. The van der Waals surface area contributed by atoms with Crippen LogP contribution >= 0.6 is 0 Å². The third kappa shape index (κ3) is 3.21. The molecule has 1 heterocycles. The van der Waals surface area contributed by atoms with Crippen LogP contribution in [0.4, 0.5) is 0 Å². The Morgan fingerprint density at radius 3 is 2.68 bits per heavy atom. The van der Waals surface area contributed by atoms with Crippen LogP contribution in [0.15, 0.2) is 23.1 Å². The zero-order valence-electron chi connectivity index (χ0n) is 10.5. The summed E-state index contributed by atoms with van der Waals surface area (Å²) in [5, 5.41) is 11.7. The number of aromatic nitrogens is 1. The molecule has 0 spiro atoms. The van der Waals surface area contributed by atoms with Gasteiger partial charge < -0.3 is 15.0 Å². The summed E-state index contributed by atoms with van der Waals surface area (Å²) in [6, 6.07) is 2.87. The van der Waals surface area contributed by atoms with Crippen LogP contribution < -0.4 is 10.9 Å². The zero-order chi connectivity index (χ0) is 13.8. The molecule has 0 radical (unpaired) electrons. The Bertz CT molecular complexity index is 544. The van der Waals surface area contributed by atoms with Crippen LogP contribution in [-0.2, 0) is 11.3 Å². The van der Waals surface area contributed by atoms with Gasteiger partial charge in [0.15, 0.2) is 0 Å². The van der Waals surface area contributed by atoms with Gasteiger partial charge in [-0.3, -0.25) is 9.59 Å². The van der Waals surface area contributed by atoms with Crippen LogP contribution in [0.2, 0.25) is 0 Å². The number of carboxylic acids is 1. The highest BCUT2D eigenvalue weighted by Gasteiger charge is 2.18. The summed E-state index contributed by atoms with van der Waals surface area (Å²) in [4.78, 5) is 34.4. The molecule has 19 heavy (non-hydrogen) atoms. The molecule has 1 amide bonds. The van der Waals surface area contributed by atoms with E-state index in [1.807, 2.05) is 0 Å². The van der Waals surface area contributed by atoms with Crippen molar-refractivity contribution in [1.82, 2.24) is 9.88 Å². The van der Waals surface area contributed by atoms with E-state index in [0.29, 0.717) is 0 Å². The Morgan fingerprint density at radius 2 is 2.05 bits per heavy atom. The maximum Gasteiger partial charge on any atom is 0.341 e. The second-order valence-corrected chi connectivity index (χ2v) is 4.71. The Morgan fingerprint density at radius 1 is 1.37 bits per heavy atom. The van der Waals surface area contributed by atoms with E-state index in [0.717, 1.165) is 30.3 Å². The van der Waals surface area contributed by atoms with E-state index < -0.39 is 11.5 Å². The van der Waals surface area contributed by atoms with Crippen molar-refractivity contribution in [2.75, 3.05) is 0 Å². The normalized spacial score (nSPS) is 15.4. The Labute approximate surface area is 110 Å². The summed E-state index contributed by atoms with van der Waals surface area (Å²) < 4.78 is 1.12.